The fourth-order valence-corrected chi connectivity index (χ4v) is 0.410. The molecule has 3 heteroatoms. The molecule has 0 aromatic heterocycles. The number of rotatable bonds is 1. The van der Waals surface area contributed by atoms with Gasteiger partial charge in [-0.05, 0) is 0 Å². The summed E-state index contributed by atoms with van der Waals surface area (Å²) in [6, 6.07) is 0. The Morgan fingerprint density at radius 3 is 2.86 bits per heavy atom. The van der Waals surface area contributed by atoms with Crippen molar-refractivity contribution in [2.24, 2.45) is 0 Å². The van der Waals surface area contributed by atoms with E-state index in [4.69, 9.17) is 0 Å². The minimum Gasteiger partial charge on any atom is -0.346 e. The van der Waals surface area contributed by atoms with Crippen molar-refractivity contribution in [3.8, 4) is 0 Å². The highest BCUT2D eigenvalue weighted by molar-refractivity contribution is 4.63. The molecule has 3 nitrogen and oxygen atoms in total. The maximum Gasteiger partial charge on any atom is 0.261 e. The molecule has 0 amide bonds. The average molecular weight is 103 g/mol. The molecule has 1 aliphatic heterocycles. The molecule has 0 saturated carbocycles. The van der Waals surface area contributed by atoms with Crippen molar-refractivity contribution in [1.82, 2.24) is 0 Å². The summed E-state index contributed by atoms with van der Waals surface area (Å²) < 4.78 is 4.68. The van der Waals surface area contributed by atoms with Crippen LogP contribution in [0, 0.1) is 6.29 Å². The number of methoxy groups -OCH3 is 1. The summed E-state index contributed by atoms with van der Waals surface area (Å²) in [6.07, 6.45) is 1.33. The summed E-state index contributed by atoms with van der Waals surface area (Å²) in [6.45, 7) is 0.614. The Morgan fingerprint density at radius 1 is 1.71 bits per heavy atom. The van der Waals surface area contributed by atoms with Gasteiger partial charge in [-0.25, -0.2) is 4.89 Å². The van der Waals surface area contributed by atoms with Gasteiger partial charge in [0.15, 0.2) is 0 Å². The molecule has 1 aliphatic rings. The Labute approximate surface area is 42.1 Å². The fraction of sp³-hybridized carbons (Fsp3) is 0.750. The third-order valence-corrected chi connectivity index (χ3v) is 0.769. The van der Waals surface area contributed by atoms with Crippen LogP contribution in [-0.2, 0) is 14.5 Å². The number of hydrogen-bond acceptors (Lipinski definition) is 3. The van der Waals surface area contributed by atoms with Gasteiger partial charge in [0.1, 0.15) is 0 Å². The molecule has 0 aliphatic carbocycles. The largest absolute Gasteiger partial charge is 0.346 e. The molecular formula is C4H7O3. The fourth-order valence-electron chi connectivity index (χ4n) is 0.410. The first kappa shape index (κ1) is 5.03. The van der Waals surface area contributed by atoms with Crippen LogP contribution in [0.4, 0.5) is 0 Å². The van der Waals surface area contributed by atoms with E-state index in [9.17, 15) is 0 Å². The minimum atomic E-state index is 0.569. The van der Waals surface area contributed by atoms with Crippen LogP contribution < -0.4 is 0 Å². The summed E-state index contributed by atoms with van der Waals surface area (Å²) in [5.74, 6) is 0. The molecule has 0 spiro atoms. The van der Waals surface area contributed by atoms with E-state index in [2.05, 4.69) is 14.5 Å². The Balaban J connectivity index is 2.14. The summed E-state index contributed by atoms with van der Waals surface area (Å²) >= 11 is 0. The Kier molecular flexibility index (Phi) is 1.62. The average Bonchev–Trinajstić information content (AvgIpc) is 2.14. The Bertz CT molecular complexity index is 48.9. The van der Waals surface area contributed by atoms with Crippen molar-refractivity contribution in [3.63, 3.8) is 0 Å². The summed E-state index contributed by atoms with van der Waals surface area (Å²) in [5.41, 5.74) is 0. The molecular weight excluding hydrogens is 96.0 g/mol. The zero-order valence-corrected chi connectivity index (χ0v) is 4.14. The van der Waals surface area contributed by atoms with Crippen LogP contribution in [0.5, 0.6) is 0 Å². The van der Waals surface area contributed by atoms with Crippen LogP contribution >= 0.6 is 0 Å². The van der Waals surface area contributed by atoms with Gasteiger partial charge in [0.2, 0.25) is 0 Å². The lowest BCUT2D eigenvalue weighted by Gasteiger charge is -1.97. The number of hydrogen-bond donors (Lipinski definition) is 0. The maximum absolute atomic E-state index is 4.68. The van der Waals surface area contributed by atoms with Crippen LogP contribution in [0.2, 0.25) is 0 Å². The third kappa shape index (κ3) is 1.12. The first-order chi connectivity index (χ1) is 3.43. The molecule has 1 rings (SSSR count). The first-order valence-corrected chi connectivity index (χ1v) is 2.13. The molecule has 1 heterocycles. The molecule has 1 saturated heterocycles. The molecule has 0 bridgehead atoms. The standard InChI is InChI=1S/C4H7O3/c1-5-4-2-3-6-7-4/h2-3H2,1H3. The topological polar surface area (TPSA) is 27.7 Å². The molecule has 0 aromatic carbocycles. The highest BCUT2D eigenvalue weighted by atomic mass is 17.2. The van der Waals surface area contributed by atoms with Gasteiger partial charge in [-0.3, -0.25) is 0 Å². The van der Waals surface area contributed by atoms with Gasteiger partial charge in [-0.1, -0.05) is 0 Å². The van der Waals surface area contributed by atoms with Gasteiger partial charge >= 0.3 is 0 Å². The highest BCUT2D eigenvalue weighted by Crippen LogP contribution is 2.15. The van der Waals surface area contributed by atoms with Crippen molar-refractivity contribution >= 4 is 0 Å². The second-order valence-electron chi connectivity index (χ2n) is 1.23. The van der Waals surface area contributed by atoms with E-state index in [1.807, 2.05) is 0 Å². The van der Waals surface area contributed by atoms with E-state index in [1.54, 1.807) is 7.11 Å². The lowest BCUT2D eigenvalue weighted by molar-refractivity contribution is -0.277. The molecule has 0 unspecified atom stereocenters. The second-order valence-corrected chi connectivity index (χ2v) is 1.23. The van der Waals surface area contributed by atoms with E-state index in [0.717, 1.165) is 6.42 Å². The predicted octanol–water partition coefficient (Wildman–Crippen LogP) is 0.474. The Hall–Kier alpha value is -0.120. The molecule has 1 fully saturated rings. The minimum absolute atomic E-state index is 0.569. The second kappa shape index (κ2) is 2.26. The van der Waals surface area contributed by atoms with Crippen molar-refractivity contribution < 1.29 is 14.5 Å². The van der Waals surface area contributed by atoms with Crippen LogP contribution in [0.25, 0.3) is 0 Å². The van der Waals surface area contributed by atoms with Gasteiger partial charge in [-0.2, -0.15) is 4.89 Å². The first-order valence-electron chi connectivity index (χ1n) is 2.13. The van der Waals surface area contributed by atoms with Gasteiger partial charge in [0.25, 0.3) is 6.29 Å². The van der Waals surface area contributed by atoms with E-state index < -0.39 is 0 Å². The molecule has 0 N–H and O–H groups in total. The molecule has 41 valence electrons. The zero-order chi connectivity index (χ0) is 5.11. The SMILES string of the molecule is CO[C]1CCOO1. The zero-order valence-electron chi connectivity index (χ0n) is 4.14. The van der Waals surface area contributed by atoms with E-state index in [-0.39, 0.29) is 0 Å². The number of ether oxygens (including phenoxy) is 1. The molecule has 7 heavy (non-hydrogen) atoms. The van der Waals surface area contributed by atoms with Crippen LogP contribution in [0.1, 0.15) is 6.42 Å². The highest BCUT2D eigenvalue weighted by Gasteiger charge is 2.17. The lowest BCUT2D eigenvalue weighted by atomic mass is 10.5. The normalized spacial score (nSPS) is 23.6. The maximum atomic E-state index is 4.68. The summed E-state index contributed by atoms with van der Waals surface area (Å²) in [5, 5.41) is 0. The lowest BCUT2D eigenvalue weighted by Crippen LogP contribution is -1.94. The van der Waals surface area contributed by atoms with Crippen molar-refractivity contribution in [2.45, 2.75) is 6.42 Å². The van der Waals surface area contributed by atoms with Gasteiger partial charge in [0.05, 0.1) is 6.61 Å². The molecule has 0 aromatic rings. The van der Waals surface area contributed by atoms with Crippen molar-refractivity contribution in [1.29, 1.82) is 0 Å². The Morgan fingerprint density at radius 2 is 2.57 bits per heavy atom. The van der Waals surface area contributed by atoms with Crippen LogP contribution in [0.15, 0.2) is 0 Å². The van der Waals surface area contributed by atoms with Crippen molar-refractivity contribution in [3.05, 3.63) is 6.29 Å². The summed E-state index contributed by atoms with van der Waals surface area (Å²) in [4.78, 5) is 8.98. The van der Waals surface area contributed by atoms with E-state index in [0.29, 0.717) is 12.9 Å². The van der Waals surface area contributed by atoms with Crippen LogP contribution in [-0.4, -0.2) is 13.7 Å². The molecule has 0 atom stereocenters. The van der Waals surface area contributed by atoms with E-state index >= 15 is 0 Å². The predicted molar refractivity (Wildman–Crippen MR) is 21.9 cm³/mol. The van der Waals surface area contributed by atoms with Crippen LogP contribution in [0.3, 0.4) is 0 Å². The monoisotopic (exact) mass is 103 g/mol. The van der Waals surface area contributed by atoms with Crippen molar-refractivity contribution in [2.75, 3.05) is 13.7 Å². The van der Waals surface area contributed by atoms with Gasteiger partial charge in [0, 0.05) is 13.5 Å². The smallest absolute Gasteiger partial charge is 0.261 e. The van der Waals surface area contributed by atoms with Gasteiger partial charge in [-0.15, -0.1) is 0 Å². The third-order valence-electron chi connectivity index (χ3n) is 0.769. The van der Waals surface area contributed by atoms with Gasteiger partial charge < -0.3 is 4.74 Å². The summed E-state index contributed by atoms with van der Waals surface area (Å²) in [7, 11) is 1.56. The quantitative estimate of drug-likeness (QED) is 0.451. The molecule has 1 radical (unpaired) electrons. The van der Waals surface area contributed by atoms with E-state index in [1.165, 1.54) is 0 Å².